The molecule has 29 heavy (non-hydrogen) atoms. The summed E-state index contributed by atoms with van der Waals surface area (Å²) in [7, 11) is 3.11. The van der Waals surface area contributed by atoms with Gasteiger partial charge in [-0.2, -0.15) is 0 Å². The Balaban J connectivity index is 1.64. The van der Waals surface area contributed by atoms with Crippen LogP contribution >= 0.6 is 11.3 Å². The van der Waals surface area contributed by atoms with Gasteiger partial charge in [0.1, 0.15) is 5.01 Å². The minimum Gasteiger partial charge on any atom is -0.493 e. The third-order valence-corrected chi connectivity index (χ3v) is 5.82. The number of hydrogen-bond acceptors (Lipinski definition) is 5. The number of fused-ring (bicyclic) bond motifs is 1. The number of hydrogen-bond donors (Lipinski definition) is 1. The van der Waals surface area contributed by atoms with Crippen molar-refractivity contribution in [2.24, 2.45) is 0 Å². The van der Waals surface area contributed by atoms with E-state index in [0.717, 1.165) is 32.0 Å². The largest absolute Gasteiger partial charge is 0.493 e. The Morgan fingerprint density at radius 3 is 2.52 bits per heavy atom. The number of anilines is 1. The molecule has 0 atom stereocenters. The monoisotopic (exact) mass is 404 g/mol. The van der Waals surface area contributed by atoms with Gasteiger partial charge in [0.05, 0.1) is 24.4 Å². The van der Waals surface area contributed by atoms with Crippen LogP contribution in [-0.4, -0.2) is 25.1 Å². The summed E-state index contributed by atoms with van der Waals surface area (Å²) >= 11 is 1.64. The van der Waals surface area contributed by atoms with Gasteiger partial charge in [0.25, 0.3) is 5.91 Å². The first-order valence-electron chi connectivity index (χ1n) is 9.09. The fourth-order valence-corrected chi connectivity index (χ4v) is 4.21. The summed E-state index contributed by atoms with van der Waals surface area (Å²) in [6.45, 7) is 1.99. The van der Waals surface area contributed by atoms with Crippen LogP contribution in [0.1, 0.15) is 15.9 Å². The second kappa shape index (κ2) is 7.93. The lowest BCUT2D eigenvalue weighted by Gasteiger charge is -2.13. The van der Waals surface area contributed by atoms with Crippen LogP contribution in [0.4, 0.5) is 5.69 Å². The molecule has 0 radical (unpaired) electrons. The number of carbonyl (C=O) groups is 1. The normalized spacial score (nSPS) is 10.7. The minimum atomic E-state index is -0.212. The maximum atomic E-state index is 12.8. The van der Waals surface area contributed by atoms with Gasteiger partial charge >= 0.3 is 0 Å². The van der Waals surface area contributed by atoms with Crippen molar-refractivity contribution in [1.29, 1.82) is 0 Å². The van der Waals surface area contributed by atoms with Gasteiger partial charge in [-0.1, -0.05) is 24.3 Å². The number of amides is 1. The van der Waals surface area contributed by atoms with Crippen LogP contribution in [0.2, 0.25) is 0 Å². The maximum Gasteiger partial charge on any atom is 0.255 e. The summed E-state index contributed by atoms with van der Waals surface area (Å²) in [6.07, 6.45) is 0. The number of methoxy groups -OCH3 is 2. The number of nitrogens with one attached hydrogen (secondary N) is 1. The predicted octanol–water partition coefficient (Wildman–Crippen LogP) is 5.54. The summed E-state index contributed by atoms with van der Waals surface area (Å²) in [6, 6.07) is 19.0. The number of rotatable bonds is 5. The van der Waals surface area contributed by atoms with Gasteiger partial charge in [-0.25, -0.2) is 4.98 Å². The number of thiazole rings is 1. The van der Waals surface area contributed by atoms with Gasteiger partial charge in [-0.05, 0) is 48.9 Å². The number of aromatic nitrogens is 1. The summed E-state index contributed by atoms with van der Waals surface area (Å²) in [5.74, 6) is 0.883. The average molecular weight is 404 g/mol. The lowest BCUT2D eigenvalue weighted by atomic mass is 10.1. The first-order chi connectivity index (χ1) is 14.1. The Hall–Kier alpha value is -3.38. The highest BCUT2D eigenvalue weighted by Gasteiger charge is 2.15. The average Bonchev–Trinajstić information content (AvgIpc) is 3.18. The highest BCUT2D eigenvalue weighted by molar-refractivity contribution is 7.21. The first-order valence-corrected chi connectivity index (χ1v) is 9.91. The molecule has 146 valence electrons. The molecule has 0 unspecified atom stereocenters. The second-order valence-corrected chi connectivity index (χ2v) is 7.52. The van der Waals surface area contributed by atoms with E-state index in [1.54, 1.807) is 43.8 Å². The van der Waals surface area contributed by atoms with Crippen LogP contribution in [0.15, 0.2) is 60.7 Å². The Morgan fingerprint density at radius 2 is 1.76 bits per heavy atom. The molecular formula is C23H20N2O3S. The zero-order chi connectivity index (χ0) is 20.4. The van der Waals surface area contributed by atoms with E-state index in [1.165, 1.54) is 0 Å². The summed E-state index contributed by atoms with van der Waals surface area (Å²) < 4.78 is 11.7. The number of carbonyl (C=O) groups excluding carboxylic acids is 1. The molecule has 0 fully saturated rings. The summed E-state index contributed by atoms with van der Waals surface area (Å²) in [5, 5.41) is 3.94. The molecule has 0 spiro atoms. The standard InChI is InChI=1S/C23H20N2O3S/c1-14-16(23-25-18-8-4-5-10-21(18)29-23)7-6-9-17(14)24-22(26)15-11-12-19(27-2)20(13-15)28-3/h4-13H,1-3H3,(H,24,26). The van der Waals surface area contributed by atoms with Crippen molar-refractivity contribution in [2.75, 3.05) is 19.5 Å². The fourth-order valence-electron chi connectivity index (χ4n) is 3.16. The lowest BCUT2D eigenvalue weighted by molar-refractivity contribution is 0.102. The molecule has 0 saturated carbocycles. The van der Waals surface area contributed by atoms with Crippen LogP contribution in [-0.2, 0) is 0 Å². The highest BCUT2D eigenvalue weighted by atomic mass is 32.1. The van der Waals surface area contributed by atoms with Crippen LogP contribution in [0, 0.1) is 6.92 Å². The molecule has 0 saturated heterocycles. The van der Waals surface area contributed by atoms with E-state index in [0.29, 0.717) is 17.1 Å². The molecule has 4 rings (SSSR count). The van der Waals surface area contributed by atoms with Crippen molar-refractivity contribution in [3.8, 4) is 22.1 Å². The van der Waals surface area contributed by atoms with E-state index in [9.17, 15) is 4.79 Å². The van der Waals surface area contributed by atoms with Crippen LogP contribution in [0.5, 0.6) is 11.5 Å². The van der Waals surface area contributed by atoms with Gasteiger partial charge in [0.2, 0.25) is 0 Å². The summed E-state index contributed by atoms with van der Waals surface area (Å²) in [4.78, 5) is 17.5. The first kappa shape index (κ1) is 19.0. The zero-order valence-corrected chi connectivity index (χ0v) is 17.2. The van der Waals surface area contributed by atoms with E-state index >= 15 is 0 Å². The number of ether oxygens (including phenoxy) is 2. The van der Waals surface area contributed by atoms with E-state index in [2.05, 4.69) is 11.4 Å². The lowest BCUT2D eigenvalue weighted by Crippen LogP contribution is -2.13. The van der Waals surface area contributed by atoms with E-state index in [4.69, 9.17) is 14.5 Å². The SMILES string of the molecule is COc1ccc(C(=O)Nc2cccc(-c3nc4ccccc4s3)c2C)cc1OC. The molecule has 1 heterocycles. The third-order valence-electron chi connectivity index (χ3n) is 4.75. The minimum absolute atomic E-state index is 0.212. The molecule has 0 aliphatic carbocycles. The van der Waals surface area contributed by atoms with Crippen molar-refractivity contribution in [3.63, 3.8) is 0 Å². The Kier molecular flexibility index (Phi) is 5.18. The Morgan fingerprint density at radius 1 is 0.966 bits per heavy atom. The van der Waals surface area contributed by atoms with Crippen molar-refractivity contribution in [2.45, 2.75) is 6.92 Å². The van der Waals surface area contributed by atoms with Crippen molar-refractivity contribution >= 4 is 33.1 Å². The van der Waals surface area contributed by atoms with Gasteiger partial charge in [0.15, 0.2) is 11.5 Å². The maximum absolute atomic E-state index is 12.8. The van der Waals surface area contributed by atoms with E-state index in [1.807, 2.05) is 43.3 Å². The van der Waals surface area contributed by atoms with Crippen LogP contribution in [0.3, 0.4) is 0 Å². The molecule has 1 aromatic heterocycles. The Bertz CT molecular complexity index is 1170. The highest BCUT2D eigenvalue weighted by Crippen LogP contribution is 2.35. The number of benzene rings is 3. The van der Waals surface area contributed by atoms with Gasteiger partial charge in [0, 0.05) is 16.8 Å². The molecule has 1 N–H and O–H groups in total. The van der Waals surface area contributed by atoms with Gasteiger partial charge in [-0.15, -0.1) is 11.3 Å². The molecular weight excluding hydrogens is 384 g/mol. The fraction of sp³-hybridized carbons (Fsp3) is 0.130. The van der Waals surface area contributed by atoms with Crippen molar-refractivity contribution in [1.82, 2.24) is 4.98 Å². The zero-order valence-electron chi connectivity index (χ0n) is 16.4. The predicted molar refractivity (Wildman–Crippen MR) is 117 cm³/mol. The van der Waals surface area contributed by atoms with Crippen LogP contribution < -0.4 is 14.8 Å². The van der Waals surface area contributed by atoms with Crippen LogP contribution in [0.25, 0.3) is 20.8 Å². The topological polar surface area (TPSA) is 60.5 Å². The third kappa shape index (κ3) is 3.67. The molecule has 0 aliphatic heterocycles. The second-order valence-electron chi connectivity index (χ2n) is 6.49. The quantitative estimate of drug-likeness (QED) is 0.474. The molecule has 4 aromatic rings. The molecule has 1 amide bonds. The molecule has 3 aromatic carbocycles. The van der Waals surface area contributed by atoms with Crippen molar-refractivity contribution < 1.29 is 14.3 Å². The smallest absolute Gasteiger partial charge is 0.255 e. The van der Waals surface area contributed by atoms with Gasteiger partial charge < -0.3 is 14.8 Å². The molecule has 6 heteroatoms. The van der Waals surface area contributed by atoms with Gasteiger partial charge in [-0.3, -0.25) is 4.79 Å². The van der Waals surface area contributed by atoms with E-state index < -0.39 is 0 Å². The number of nitrogens with zero attached hydrogens (tertiary/aromatic N) is 1. The summed E-state index contributed by atoms with van der Waals surface area (Å²) in [5.41, 5.74) is 4.21. The number of para-hydroxylation sites is 1. The molecule has 0 aliphatic rings. The molecule has 5 nitrogen and oxygen atoms in total. The van der Waals surface area contributed by atoms with E-state index in [-0.39, 0.29) is 5.91 Å². The molecule has 0 bridgehead atoms. The van der Waals surface area contributed by atoms with Crippen molar-refractivity contribution in [3.05, 3.63) is 71.8 Å². The Labute approximate surface area is 172 Å².